The van der Waals surface area contributed by atoms with Gasteiger partial charge in [-0.25, -0.2) is 0 Å². The Balaban J connectivity index is 0.000000155. The first-order valence-electron chi connectivity index (χ1n) is 10.6. The molecule has 0 atom stereocenters. The van der Waals surface area contributed by atoms with Crippen LogP contribution in [0.2, 0.25) is 0 Å². The van der Waals surface area contributed by atoms with E-state index < -0.39 is 18.0 Å². The van der Waals surface area contributed by atoms with E-state index in [0.717, 1.165) is 0 Å². The van der Waals surface area contributed by atoms with Crippen LogP contribution in [0, 0.1) is 12.1 Å². The van der Waals surface area contributed by atoms with Gasteiger partial charge in [-0.05, 0) is 0 Å². The van der Waals surface area contributed by atoms with Crippen LogP contribution in [0.5, 0.6) is 0 Å². The summed E-state index contributed by atoms with van der Waals surface area (Å²) < 4.78 is 0. The van der Waals surface area contributed by atoms with E-state index in [1.165, 1.54) is 21.5 Å². The molecule has 170 valence electrons. The quantitative estimate of drug-likeness (QED) is 0.125. The van der Waals surface area contributed by atoms with Gasteiger partial charge >= 0.3 is 41.9 Å². The van der Waals surface area contributed by atoms with E-state index in [2.05, 4.69) is 104 Å². The zero-order valence-electron chi connectivity index (χ0n) is 18.6. The molecule has 0 saturated heterocycles. The topological polar surface area (TPSA) is 0 Å². The zero-order chi connectivity index (χ0) is 24.3. The van der Waals surface area contributed by atoms with Gasteiger partial charge in [-0.15, -0.1) is 59.3 Å². The van der Waals surface area contributed by atoms with Crippen LogP contribution in [0.15, 0.2) is 146 Å². The van der Waals surface area contributed by atoms with Gasteiger partial charge in [0.05, 0.1) is 0 Å². The third-order valence-corrected chi connectivity index (χ3v) is 4.31. The van der Waals surface area contributed by atoms with Crippen LogP contribution < -0.4 is 0 Å². The molecular weight excluding hydrogens is 551 g/mol. The molecule has 6 aromatic rings. The number of hydrogen-bond donors (Lipinski definition) is 0. The molecular formula is C30H24Cl2SiZr-4. The molecule has 0 heterocycles. The Bertz CT molecular complexity index is 1080. The van der Waals surface area contributed by atoms with Gasteiger partial charge in [0.2, 0.25) is 0 Å². The van der Waals surface area contributed by atoms with Crippen molar-refractivity contribution in [3.05, 3.63) is 158 Å². The first-order valence-corrected chi connectivity index (χ1v) is 21.1. The van der Waals surface area contributed by atoms with Gasteiger partial charge in [0.25, 0.3) is 0 Å². The minimum absolute atomic E-state index is 1.33. The average molecular weight is 575 g/mol. The fourth-order valence-corrected chi connectivity index (χ4v) is 2.82. The van der Waals surface area contributed by atoms with Crippen molar-refractivity contribution in [2.75, 3.05) is 0 Å². The summed E-state index contributed by atoms with van der Waals surface area (Å²) >= 11 is -1.79. The van der Waals surface area contributed by atoms with Crippen LogP contribution in [0.1, 0.15) is 0 Å². The maximum Gasteiger partial charge on any atom is -0.0809 e. The van der Waals surface area contributed by atoms with Crippen LogP contribution in [0.4, 0.5) is 0 Å². The molecule has 0 aliphatic heterocycles. The number of fused-ring (bicyclic) bond motifs is 2. The number of rotatable bonds is 0. The second-order valence-electron chi connectivity index (χ2n) is 6.72. The predicted molar refractivity (Wildman–Crippen MR) is 147 cm³/mol. The molecule has 0 spiro atoms. The molecule has 0 aromatic heterocycles. The minimum Gasteiger partial charge on any atom is -0.184 e. The molecule has 0 aliphatic carbocycles. The van der Waals surface area contributed by atoms with E-state index in [9.17, 15) is 0 Å². The third kappa shape index (κ3) is 12.9. The van der Waals surface area contributed by atoms with Gasteiger partial charge in [-0.1, -0.05) is 12.1 Å². The van der Waals surface area contributed by atoms with Crippen molar-refractivity contribution in [3.8, 4) is 0 Å². The van der Waals surface area contributed by atoms with E-state index in [4.69, 9.17) is 17.0 Å². The molecule has 6 aromatic carbocycles. The summed E-state index contributed by atoms with van der Waals surface area (Å²) in [6.07, 6.45) is 0. The van der Waals surface area contributed by atoms with Crippen molar-refractivity contribution in [3.63, 3.8) is 0 Å². The Kier molecular flexibility index (Phi) is 15.0. The maximum absolute atomic E-state index is 5.15. The molecule has 34 heavy (non-hydrogen) atoms. The second-order valence-corrected chi connectivity index (χ2v) is 20.3. The average Bonchev–Trinajstić information content (AvgIpc) is 3.57. The third-order valence-electron chi connectivity index (χ3n) is 4.31. The molecule has 0 unspecified atom stereocenters. The van der Waals surface area contributed by atoms with Crippen LogP contribution >= 0.6 is 17.0 Å². The molecule has 2 radical (unpaired) electrons. The predicted octanol–water partition coefficient (Wildman–Crippen LogP) is 9.09. The first kappa shape index (κ1) is 28.0. The molecule has 0 fully saturated rings. The Labute approximate surface area is 219 Å². The molecule has 0 aliphatic rings. The molecule has 0 nitrogen and oxygen atoms in total. The van der Waals surface area contributed by atoms with Crippen LogP contribution in [-0.2, 0) is 18.0 Å². The van der Waals surface area contributed by atoms with Crippen LogP contribution in [0.25, 0.3) is 21.5 Å². The van der Waals surface area contributed by atoms with Crippen LogP contribution in [0.3, 0.4) is 0 Å². The summed E-state index contributed by atoms with van der Waals surface area (Å²) in [6, 6.07) is 54.3. The van der Waals surface area contributed by atoms with Gasteiger partial charge in [0.1, 0.15) is 0 Å². The first-order chi connectivity index (χ1) is 16.7. The fraction of sp³-hybridized carbons (Fsp3) is 0. The van der Waals surface area contributed by atoms with E-state index >= 15 is 0 Å². The monoisotopic (exact) mass is 572 g/mol. The second kappa shape index (κ2) is 18.2. The van der Waals surface area contributed by atoms with E-state index in [1.54, 1.807) is 0 Å². The van der Waals surface area contributed by atoms with Crippen molar-refractivity contribution in [1.82, 2.24) is 0 Å². The SMILES string of the molecule is [Si]=[Zr]([Cl])[Cl].[c-]1ccccc1.[c-]1ccccc1.c1ccc2[cH-]ccc2c1.c1ccc2[cH-]ccc2c1. The van der Waals surface area contributed by atoms with E-state index in [0.29, 0.717) is 0 Å². The zero-order valence-corrected chi connectivity index (χ0v) is 23.6. The Morgan fingerprint density at radius 3 is 1.15 bits per heavy atom. The van der Waals surface area contributed by atoms with Crippen LogP contribution in [-0.4, -0.2) is 6.88 Å². The van der Waals surface area contributed by atoms with Crippen molar-refractivity contribution in [1.29, 1.82) is 0 Å². The standard InChI is InChI=1S/2C9H7.2C6H5.2ClH.Si.Zr/c2*1-2-5-9-7-3-6-8(9)4-1;2*1-2-4-6-5-3-1;;;;/h2*1-7H;2*1-5H;2*1H;;/q4*-1;;;;+2/p-2. The Morgan fingerprint density at radius 1 is 0.529 bits per heavy atom. The smallest absolute Gasteiger partial charge is 0.0809 e. The van der Waals surface area contributed by atoms with Crippen molar-refractivity contribution in [2.24, 2.45) is 0 Å². The molecule has 0 saturated carbocycles. The van der Waals surface area contributed by atoms with Crippen molar-refractivity contribution < 1.29 is 18.0 Å². The van der Waals surface area contributed by atoms with Gasteiger partial charge in [0.15, 0.2) is 0 Å². The van der Waals surface area contributed by atoms with E-state index in [-0.39, 0.29) is 0 Å². The summed E-state index contributed by atoms with van der Waals surface area (Å²) in [6.45, 7) is 3.04. The summed E-state index contributed by atoms with van der Waals surface area (Å²) in [7, 11) is 10.3. The van der Waals surface area contributed by atoms with Gasteiger partial charge in [0, 0.05) is 0 Å². The summed E-state index contributed by atoms with van der Waals surface area (Å²) in [5.41, 5.74) is 0. The largest absolute Gasteiger partial charge is 0.184 e. The van der Waals surface area contributed by atoms with Gasteiger partial charge in [-0.3, -0.25) is 0 Å². The van der Waals surface area contributed by atoms with Gasteiger partial charge in [-0.2, -0.15) is 108 Å². The fourth-order valence-electron chi connectivity index (χ4n) is 2.82. The molecule has 0 bridgehead atoms. The summed E-state index contributed by atoms with van der Waals surface area (Å²) in [5.74, 6) is 0. The minimum atomic E-state index is -1.79. The maximum atomic E-state index is 5.15. The summed E-state index contributed by atoms with van der Waals surface area (Å²) in [5, 5.41) is 5.32. The van der Waals surface area contributed by atoms with Crippen molar-refractivity contribution >= 4 is 45.4 Å². The number of halogens is 2. The normalized spacial score (nSPS) is 9.00. The Morgan fingerprint density at radius 2 is 0.882 bits per heavy atom. The van der Waals surface area contributed by atoms with E-state index in [1.807, 2.05) is 60.7 Å². The molecule has 6 rings (SSSR count). The molecule has 0 amide bonds. The Hall–Kier alpha value is -2.22. The van der Waals surface area contributed by atoms with Gasteiger partial charge < -0.3 is 0 Å². The number of benzene rings is 4. The number of hydrogen-bond acceptors (Lipinski definition) is 0. The van der Waals surface area contributed by atoms with Crippen molar-refractivity contribution in [2.45, 2.75) is 0 Å². The molecule has 0 N–H and O–H groups in total. The summed E-state index contributed by atoms with van der Waals surface area (Å²) in [4.78, 5) is 0. The molecule has 4 heteroatoms.